The van der Waals surface area contributed by atoms with Crippen LogP contribution in [-0.2, 0) is 0 Å². The summed E-state index contributed by atoms with van der Waals surface area (Å²) in [6.45, 7) is 3.88. The molecule has 0 spiro atoms. The van der Waals surface area contributed by atoms with Crippen molar-refractivity contribution in [2.75, 3.05) is 4.90 Å². The summed E-state index contributed by atoms with van der Waals surface area (Å²) in [5.74, 6) is 1.52. The number of nitrogens with zero attached hydrogens (tertiary/aromatic N) is 3. The minimum atomic E-state index is -0.179. The van der Waals surface area contributed by atoms with E-state index in [2.05, 4.69) is 10.2 Å². The molecule has 5 nitrogen and oxygen atoms in total. The number of ether oxygens (including phenoxy) is 1. The fourth-order valence-corrected chi connectivity index (χ4v) is 2.50. The normalized spacial score (nSPS) is 10.5. The van der Waals surface area contributed by atoms with Crippen molar-refractivity contribution in [1.29, 1.82) is 0 Å². The van der Waals surface area contributed by atoms with E-state index in [9.17, 15) is 4.79 Å². The van der Waals surface area contributed by atoms with Crippen molar-refractivity contribution in [2.24, 2.45) is 0 Å². The molecule has 0 saturated heterocycles. The maximum atomic E-state index is 13.2. The number of carbonyl (C=O) groups is 1. The highest BCUT2D eigenvalue weighted by Gasteiger charge is 2.24. The van der Waals surface area contributed by atoms with Gasteiger partial charge in [-0.3, -0.25) is 9.69 Å². The van der Waals surface area contributed by atoms with E-state index in [1.54, 1.807) is 35.4 Å². The number of hydrogen-bond acceptors (Lipinski definition) is 4. The lowest BCUT2D eigenvalue weighted by molar-refractivity contribution is 0.0977. The molecule has 0 unspecified atom stereocenters. The second-order valence-electron chi connectivity index (χ2n) is 5.76. The van der Waals surface area contributed by atoms with E-state index >= 15 is 0 Å². The summed E-state index contributed by atoms with van der Waals surface area (Å²) < 4.78 is 5.91. The van der Waals surface area contributed by atoms with Crippen LogP contribution >= 0.6 is 0 Å². The van der Waals surface area contributed by atoms with Gasteiger partial charge in [0.25, 0.3) is 5.91 Å². The fourth-order valence-electron chi connectivity index (χ4n) is 2.50. The number of rotatable bonds is 5. The minimum absolute atomic E-state index is 0.0750. The summed E-state index contributed by atoms with van der Waals surface area (Å²) in [5.41, 5.74) is 0.478. The number of carbonyl (C=O) groups excluding carboxylic acids is 1. The molecule has 0 saturated carbocycles. The van der Waals surface area contributed by atoms with Crippen LogP contribution in [0, 0.1) is 0 Å². The largest absolute Gasteiger partial charge is 0.457 e. The predicted octanol–water partition coefficient (Wildman–Crippen LogP) is 4.32. The maximum absolute atomic E-state index is 13.2. The van der Waals surface area contributed by atoms with Crippen LogP contribution in [0.4, 0.5) is 5.82 Å². The number of anilines is 1. The van der Waals surface area contributed by atoms with Crippen LogP contribution in [0.1, 0.15) is 24.2 Å². The third-order valence-corrected chi connectivity index (χ3v) is 3.63. The Morgan fingerprint density at radius 3 is 2.36 bits per heavy atom. The number of aromatic nitrogens is 2. The highest BCUT2D eigenvalue weighted by molar-refractivity contribution is 6.07. The highest BCUT2D eigenvalue weighted by atomic mass is 16.5. The first-order valence-electron chi connectivity index (χ1n) is 8.10. The first kappa shape index (κ1) is 16.6. The number of hydrogen-bond donors (Lipinski definition) is 0. The summed E-state index contributed by atoms with van der Waals surface area (Å²) in [6, 6.07) is 20.1. The van der Waals surface area contributed by atoms with Gasteiger partial charge in [-0.2, -0.15) is 5.10 Å². The molecule has 3 aromatic rings. The maximum Gasteiger partial charge on any atom is 0.263 e. The standard InChI is InChI=1S/C20H19N3O2/c1-15(2)23(19-13-8-14-21-22-19)20(24)17-11-6-7-12-18(17)25-16-9-4-3-5-10-16/h3-15H,1-2H3. The number of amides is 1. The molecule has 0 bridgehead atoms. The lowest BCUT2D eigenvalue weighted by Crippen LogP contribution is -2.38. The van der Waals surface area contributed by atoms with Gasteiger partial charge in [0.15, 0.2) is 5.82 Å². The first-order chi connectivity index (χ1) is 12.2. The molecule has 126 valence electrons. The zero-order chi connectivity index (χ0) is 17.6. The fraction of sp³-hybridized carbons (Fsp3) is 0.150. The van der Waals surface area contributed by atoms with Crippen molar-refractivity contribution >= 4 is 11.7 Å². The Hall–Kier alpha value is -3.21. The second-order valence-corrected chi connectivity index (χ2v) is 5.76. The summed E-state index contributed by atoms with van der Waals surface area (Å²) >= 11 is 0. The summed E-state index contributed by atoms with van der Waals surface area (Å²) in [4.78, 5) is 14.8. The van der Waals surface area contributed by atoms with Crippen LogP contribution in [0.3, 0.4) is 0 Å². The molecule has 25 heavy (non-hydrogen) atoms. The third-order valence-electron chi connectivity index (χ3n) is 3.63. The number of benzene rings is 2. The third kappa shape index (κ3) is 3.83. The SMILES string of the molecule is CC(C)N(C(=O)c1ccccc1Oc1ccccc1)c1cccnn1. The monoisotopic (exact) mass is 333 g/mol. The molecule has 0 aliphatic carbocycles. The Kier molecular flexibility index (Phi) is 5.04. The Morgan fingerprint density at radius 2 is 1.68 bits per heavy atom. The van der Waals surface area contributed by atoms with Gasteiger partial charge >= 0.3 is 0 Å². The Labute approximate surface area is 146 Å². The van der Waals surface area contributed by atoms with Crippen LogP contribution < -0.4 is 9.64 Å². The molecule has 0 atom stereocenters. The molecule has 1 amide bonds. The number of para-hydroxylation sites is 2. The average Bonchev–Trinajstić information content (AvgIpc) is 2.64. The zero-order valence-electron chi connectivity index (χ0n) is 14.2. The van der Waals surface area contributed by atoms with Gasteiger partial charge in [-0.05, 0) is 50.2 Å². The molecular weight excluding hydrogens is 314 g/mol. The molecule has 1 aromatic heterocycles. The van der Waals surface area contributed by atoms with Gasteiger partial charge < -0.3 is 4.74 Å². The molecule has 1 heterocycles. The molecule has 3 rings (SSSR count). The lowest BCUT2D eigenvalue weighted by atomic mass is 10.1. The van der Waals surface area contributed by atoms with Crippen LogP contribution in [0.2, 0.25) is 0 Å². The van der Waals surface area contributed by atoms with Gasteiger partial charge in [0.05, 0.1) is 5.56 Å². The van der Waals surface area contributed by atoms with E-state index in [1.165, 1.54) is 0 Å². The van der Waals surface area contributed by atoms with Crippen LogP contribution in [0.15, 0.2) is 72.9 Å². The lowest BCUT2D eigenvalue weighted by Gasteiger charge is -2.26. The van der Waals surface area contributed by atoms with E-state index in [4.69, 9.17) is 4.74 Å². The van der Waals surface area contributed by atoms with Crippen molar-refractivity contribution < 1.29 is 9.53 Å². The first-order valence-corrected chi connectivity index (χ1v) is 8.10. The van der Waals surface area contributed by atoms with Crippen LogP contribution in [0.25, 0.3) is 0 Å². The molecule has 0 radical (unpaired) electrons. The zero-order valence-corrected chi connectivity index (χ0v) is 14.2. The molecule has 5 heteroatoms. The average molecular weight is 333 g/mol. The highest BCUT2D eigenvalue weighted by Crippen LogP contribution is 2.27. The van der Waals surface area contributed by atoms with Gasteiger partial charge in [-0.25, -0.2) is 0 Å². The van der Waals surface area contributed by atoms with Crippen molar-refractivity contribution in [2.45, 2.75) is 19.9 Å². The van der Waals surface area contributed by atoms with Gasteiger partial charge in [0.2, 0.25) is 0 Å². The Morgan fingerprint density at radius 1 is 0.960 bits per heavy atom. The van der Waals surface area contributed by atoms with Crippen LogP contribution in [-0.4, -0.2) is 22.1 Å². The van der Waals surface area contributed by atoms with Gasteiger partial charge in [-0.1, -0.05) is 30.3 Å². The van der Waals surface area contributed by atoms with Crippen molar-refractivity contribution in [1.82, 2.24) is 10.2 Å². The summed E-state index contributed by atoms with van der Waals surface area (Å²) in [6.07, 6.45) is 1.58. The second kappa shape index (κ2) is 7.57. The van der Waals surface area contributed by atoms with E-state index in [0.29, 0.717) is 22.9 Å². The Balaban J connectivity index is 1.96. The van der Waals surface area contributed by atoms with E-state index in [1.807, 2.05) is 56.3 Å². The molecular formula is C20H19N3O2. The van der Waals surface area contributed by atoms with E-state index in [-0.39, 0.29) is 11.9 Å². The van der Waals surface area contributed by atoms with Crippen LogP contribution in [0.5, 0.6) is 11.5 Å². The van der Waals surface area contributed by atoms with Gasteiger partial charge in [0, 0.05) is 12.2 Å². The molecule has 0 fully saturated rings. The quantitative estimate of drug-likeness (QED) is 0.697. The van der Waals surface area contributed by atoms with Crippen molar-refractivity contribution in [3.63, 3.8) is 0 Å². The van der Waals surface area contributed by atoms with Gasteiger partial charge in [0.1, 0.15) is 11.5 Å². The van der Waals surface area contributed by atoms with E-state index < -0.39 is 0 Å². The Bertz CT molecular complexity index is 836. The van der Waals surface area contributed by atoms with Crippen molar-refractivity contribution in [3.05, 3.63) is 78.5 Å². The minimum Gasteiger partial charge on any atom is -0.457 e. The molecule has 0 aliphatic heterocycles. The van der Waals surface area contributed by atoms with Gasteiger partial charge in [-0.15, -0.1) is 5.10 Å². The topological polar surface area (TPSA) is 55.3 Å². The molecule has 0 N–H and O–H groups in total. The van der Waals surface area contributed by atoms with E-state index in [0.717, 1.165) is 0 Å². The molecule has 2 aromatic carbocycles. The molecule has 0 aliphatic rings. The smallest absolute Gasteiger partial charge is 0.263 e. The summed E-state index contributed by atoms with van der Waals surface area (Å²) in [7, 11) is 0. The summed E-state index contributed by atoms with van der Waals surface area (Å²) in [5, 5.41) is 7.95. The predicted molar refractivity (Wildman–Crippen MR) is 96.9 cm³/mol. The van der Waals surface area contributed by atoms with Crippen molar-refractivity contribution in [3.8, 4) is 11.5 Å².